The van der Waals surface area contributed by atoms with Crippen molar-refractivity contribution in [2.45, 2.75) is 38.7 Å². The van der Waals surface area contributed by atoms with Crippen LogP contribution in [0.15, 0.2) is 34.8 Å². The minimum atomic E-state index is -0.347. The van der Waals surface area contributed by atoms with Gasteiger partial charge in [0.05, 0.1) is 18.3 Å². The molecule has 3 aliphatic rings. The molecule has 0 saturated heterocycles. The van der Waals surface area contributed by atoms with E-state index in [-0.39, 0.29) is 18.5 Å². The lowest BCUT2D eigenvalue weighted by Crippen LogP contribution is -2.35. The van der Waals surface area contributed by atoms with Crippen molar-refractivity contribution in [3.8, 4) is 0 Å². The summed E-state index contributed by atoms with van der Waals surface area (Å²) in [5, 5.41) is 9.79. The van der Waals surface area contributed by atoms with Gasteiger partial charge in [-0.15, -0.1) is 12.4 Å². The number of fused-ring (bicyclic) bond motifs is 1. The zero-order chi connectivity index (χ0) is 12.5. The molecule has 2 aliphatic carbocycles. The van der Waals surface area contributed by atoms with Gasteiger partial charge in [-0.2, -0.15) is 0 Å². The maximum atomic E-state index is 9.79. The van der Waals surface area contributed by atoms with Gasteiger partial charge in [-0.1, -0.05) is 19.1 Å². The third-order valence-electron chi connectivity index (χ3n) is 3.97. The van der Waals surface area contributed by atoms with E-state index in [0.29, 0.717) is 6.42 Å². The predicted octanol–water partition coefficient (Wildman–Crippen LogP) is 2.77. The summed E-state index contributed by atoms with van der Waals surface area (Å²) in [6.07, 6.45) is 7.68. The van der Waals surface area contributed by atoms with Crippen LogP contribution in [0.1, 0.15) is 32.6 Å². The summed E-state index contributed by atoms with van der Waals surface area (Å²) >= 11 is 0. The first kappa shape index (κ1) is 14.5. The molecule has 19 heavy (non-hydrogen) atoms. The number of halogens is 1. The third-order valence-corrected chi connectivity index (χ3v) is 3.97. The molecular formula is C15H22ClNO2. The van der Waals surface area contributed by atoms with Gasteiger partial charge < -0.3 is 14.7 Å². The van der Waals surface area contributed by atoms with Crippen LogP contribution in [-0.4, -0.2) is 35.8 Å². The highest BCUT2D eigenvalue weighted by Crippen LogP contribution is 2.39. The fourth-order valence-corrected chi connectivity index (χ4v) is 3.13. The van der Waals surface area contributed by atoms with Gasteiger partial charge in [0.1, 0.15) is 12.4 Å². The van der Waals surface area contributed by atoms with Crippen LogP contribution in [0.3, 0.4) is 0 Å². The van der Waals surface area contributed by atoms with Crippen molar-refractivity contribution >= 4 is 12.4 Å². The van der Waals surface area contributed by atoms with Crippen molar-refractivity contribution in [1.82, 2.24) is 4.90 Å². The van der Waals surface area contributed by atoms with E-state index in [9.17, 15) is 5.11 Å². The Kier molecular flexibility index (Phi) is 4.58. The van der Waals surface area contributed by atoms with E-state index in [0.717, 1.165) is 38.3 Å². The molecule has 0 amide bonds. The number of rotatable bonds is 2. The van der Waals surface area contributed by atoms with Crippen LogP contribution >= 0.6 is 12.4 Å². The number of nitrogens with zero attached hydrogens (tertiary/aromatic N) is 1. The molecule has 0 fully saturated rings. The lowest BCUT2D eigenvalue weighted by atomic mass is 9.85. The van der Waals surface area contributed by atoms with Gasteiger partial charge in [-0.3, -0.25) is 0 Å². The quantitative estimate of drug-likeness (QED) is 0.846. The Bertz CT molecular complexity index is 439. The molecule has 0 spiro atoms. The van der Waals surface area contributed by atoms with Gasteiger partial charge in [0, 0.05) is 18.5 Å². The fourth-order valence-electron chi connectivity index (χ4n) is 3.13. The number of aliphatic hydroxyl groups excluding tert-OH is 1. The van der Waals surface area contributed by atoms with Gasteiger partial charge in [-0.25, -0.2) is 0 Å². The van der Waals surface area contributed by atoms with Gasteiger partial charge in [0.15, 0.2) is 0 Å². The van der Waals surface area contributed by atoms with Crippen LogP contribution in [0.25, 0.3) is 0 Å². The topological polar surface area (TPSA) is 32.7 Å². The minimum Gasteiger partial charge on any atom is -0.490 e. The summed E-state index contributed by atoms with van der Waals surface area (Å²) in [5.41, 5.74) is 3.97. The molecule has 1 aliphatic heterocycles. The summed E-state index contributed by atoms with van der Waals surface area (Å²) < 4.78 is 5.91. The molecule has 0 aromatic heterocycles. The number of hydrogen-bond acceptors (Lipinski definition) is 3. The zero-order valence-corrected chi connectivity index (χ0v) is 12.2. The maximum Gasteiger partial charge on any atom is 0.142 e. The average Bonchev–Trinajstić information content (AvgIpc) is 2.39. The van der Waals surface area contributed by atoms with Crippen molar-refractivity contribution in [2.75, 3.05) is 19.7 Å². The highest BCUT2D eigenvalue weighted by molar-refractivity contribution is 5.85. The zero-order valence-electron chi connectivity index (χ0n) is 11.4. The molecule has 0 aromatic carbocycles. The molecule has 3 rings (SSSR count). The normalized spacial score (nSPS) is 25.6. The SMILES string of the molecule is CCCN1CCOC2=C1CCC1=C2CC(O)C=C1.Cl. The fraction of sp³-hybridized carbons (Fsp3) is 0.600. The standard InChI is InChI=1S/C15H21NO2.ClH/c1-2-7-16-8-9-18-15-13-10-12(17)5-3-11(13)4-6-14(15)16;/h3,5,12,17H,2,4,6-10H2,1H3;1H. The smallest absolute Gasteiger partial charge is 0.142 e. The Labute approximate surface area is 121 Å². The second kappa shape index (κ2) is 6.02. The van der Waals surface area contributed by atoms with E-state index in [1.807, 2.05) is 6.08 Å². The highest BCUT2D eigenvalue weighted by Gasteiger charge is 2.30. The van der Waals surface area contributed by atoms with Crippen LogP contribution in [0.2, 0.25) is 0 Å². The molecule has 0 saturated carbocycles. The lowest BCUT2D eigenvalue weighted by Gasteiger charge is -2.38. The first-order valence-electron chi connectivity index (χ1n) is 6.99. The van der Waals surface area contributed by atoms with E-state index in [1.54, 1.807) is 0 Å². The summed E-state index contributed by atoms with van der Waals surface area (Å²) in [4.78, 5) is 2.47. The van der Waals surface area contributed by atoms with E-state index < -0.39 is 0 Å². The summed E-state index contributed by atoms with van der Waals surface area (Å²) in [7, 11) is 0. The molecule has 0 aromatic rings. The van der Waals surface area contributed by atoms with Gasteiger partial charge in [0.25, 0.3) is 0 Å². The lowest BCUT2D eigenvalue weighted by molar-refractivity contribution is 0.123. The summed E-state index contributed by atoms with van der Waals surface area (Å²) in [5.74, 6) is 1.07. The second-order valence-electron chi connectivity index (χ2n) is 5.25. The number of hydrogen-bond donors (Lipinski definition) is 1. The Hall–Kier alpha value is -0.930. The molecular weight excluding hydrogens is 262 g/mol. The summed E-state index contributed by atoms with van der Waals surface area (Å²) in [6.45, 7) is 5.11. The number of allylic oxidation sites excluding steroid dienone is 4. The Balaban J connectivity index is 0.00000133. The first-order chi connectivity index (χ1) is 8.79. The minimum absolute atomic E-state index is 0. The molecule has 0 bridgehead atoms. The van der Waals surface area contributed by atoms with Crippen LogP contribution in [-0.2, 0) is 4.74 Å². The van der Waals surface area contributed by atoms with Crippen LogP contribution in [0, 0.1) is 0 Å². The van der Waals surface area contributed by atoms with Crippen LogP contribution < -0.4 is 0 Å². The van der Waals surface area contributed by atoms with E-state index >= 15 is 0 Å². The molecule has 1 unspecified atom stereocenters. The van der Waals surface area contributed by atoms with Crippen molar-refractivity contribution < 1.29 is 9.84 Å². The van der Waals surface area contributed by atoms with E-state index in [4.69, 9.17) is 4.74 Å². The van der Waals surface area contributed by atoms with E-state index in [1.165, 1.54) is 23.3 Å². The Morgan fingerprint density at radius 3 is 3.05 bits per heavy atom. The summed E-state index contributed by atoms with van der Waals surface area (Å²) in [6, 6.07) is 0. The Morgan fingerprint density at radius 2 is 2.26 bits per heavy atom. The predicted molar refractivity (Wildman–Crippen MR) is 78.1 cm³/mol. The number of aliphatic hydroxyl groups is 1. The second-order valence-corrected chi connectivity index (χ2v) is 5.25. The molecule has 1 atom stereocenters. The van der Waals surface area contributed by atoms with Crippen LogP contribution in [0.5, 0.6) is 0 Å². The average molecular weight is 284 g/mol. The van der Waals surface area contributed by atoms with E-state index in [2.05, 4.69) is 17.9 Å². The third kappa shape index (κ3) is 2.67. The van der Waals surface area contributed by atoms with Gasteiger partial charge in [0.2, 0.25) is 0 Å². The maximum absolute atomic E-state index is 9.79. The number of ether oxygens (including phenoxy) is 1. The first-order valence-corrected chi connectivity index (χ1v) is 6.99. The van der Waals surface area contributed by atoms with Gasteiger partial charge >= 0.3 is 0 Å². The van der Waals surface area contributed by atoms with Crippen molar-refractivity contribution in [2.24, 2.45) is 0 Å². The molecule has 106 valence electrons. The molecule has 0 radical (unpaired) electrons. The largest absolute Gasteiger partial charge is 0.490 e. The molecule has 3 nitrogen and oxygen atoms in total. The van der Waals surface area contributed by atoms with Gasteiger partial charge in [-0.05, 0) is 24.8 Å². The van der Waals surface area contributed by atoms with Crippen molar-refractivity contribution in [3.05, 3.63) is 34.8 Å². The van der Waals surface area contributed by atoms with Crippen molar-refractivity contribution in [3.63, 3.8) is 0 Å². The van der Waals surface area contributed by atoms with Crippen molar-refractivity contribution in [1.29, 1.82) is 0 Å². The Morgan fingerprint density at radius 1 is 1.42 bits per heavy atom. The van der Waals surface area contributed by atoms with Crippen LogP contribution in [0.4, 0.5) is 0 Å². The highest BCUT2D eigenvalue weighted by atomic mass is 35.5. The molecule has 4 heteroatoms. The molecule has 1 heterocycles. The monoisotopic (exact) mass is 283 g/mol. The molecule has 1 N–H and O–H groups in total.